The van der Waals surface area contributed by atoms with Crippen LogP contribution in [-0.2, 0) is 9.53 Å². The van der Waals surface area contributed by atoms with E-state index >= 15 is 0 Å². The molecule has 1 aromatic rings. The predicted molar refractivity (Wildman–Crippen MR) is 78.5 cm³/mol. The average Bonchev–Trinajstić information content (AvgIpc) is 3.17. The van der Waals surface area contributed by atoms with Crippen LogP contribution in [0.1, 0.15) is 33.6 Å². The molecular formula is C16H21NO4. The van der Waals surface area contributed by atoms with Crippen LogP contribution in [0.15, 0.2) is 18.2 Å². The molecule has 1 fully saturated rings. The van der Waals surface area contributed by atoms with Crippen molar-refractivity contribution in [3.63, 3.8) is 0 Å². The summed E-state index contributed by atoms with van der Waals surface area (Å²) in [5.41, 5.74) is 0.682. The molecule has 0 saturated heterocycles. The summed E-state index contributed by atoms with van der Waals surface area (Å²) in [4.78, 5) is 12.1. The Kier molecular flexibility index (Phi) is 3.53. The molecule has 1 aliphatic heterocycles. The molecule has 1 unspecified atom stereocenters. The Morgan fingerprint density at radius 3 is 2.81 bits per heavy atom. The van der Waals surface area contributed by atoms with Crippen LogP contribution < -0.4 is 14.8 Å². The average molecular weight is 291 g/mol. The number of amides is 1. The normalized spacial score (nSPS) is 20.1. The molecule has 1 saturated carbocycles. The van der Waals surface area contributed by atoms with Gasteiger partial charge in [-0.3, -0.25) is 4.79 Å². The van der Waals surface area contributed by atoms with E-state index in [4.69, 9.17) is 14.2 Å². The summed E-state index contributed by atoms with van der Waals surface area (Å²) in [5.74, 6) is 1.17. The molecule has 114 valence electrons. The molecule has 1 aromatic carbocycles. The van der Waals surface area contributed by atoms with Crippen molar-refractivity contribution in [2.45, 2.75) is 45.5 Å². The number of anilines is 1. The van der Waals surface area contributed by atoms with E-state index in [-0.39, 0.29) is 5.91 Å². The van der Waals surface area contributed by atoms with E-state index in [1.54, 1.807) is 25.1 Å². The SMILES string of the molecule is CC(OCC1CC1)C(=O)Nc1ccc2c(c1)OC(C)(C)O2. The van der Waals surface area contributed by atoms with E-state index in [0.29, 0.717) is 29.7 Å². The fraction of sp³-hybridized carbons (Fsp3) is 0.562. The van der Waals surface area contributed by atoms with Gasteiger partial charge in [0, 0.05) is 25.6 Å². The molecule has 1 heterocycles. The highest BCUT2D eigenvalue weighted by Crippen LogP contribution is 2.40. The number of carbonyl (C=O) groups is 1. The smallest absolute Gasteiger partial charge is 0.253 e. The lowest BCUT2D eigenvalue weighted by Gasteiger charge is -2.16. The third-order valence-electron chi connectivity index (χ3n) is 3.57. The molecule has 0 spiro atoms. The zero-order chi connectivity index (χ0) is 15.0. The Morgan fingerprint density at radius 1 is 1.38 bits per heavy atom. The Bertz CT molecular complexity index is 551. The lowest BCUT2D eigenvalue weighted by Crippen LogP contribution is -2.29. The van der Waals surface area contributed by atoms with Crippen molar-refractivity contribution in [2.75, 3.05) is 11.9 Å². The topological polar surface area (TPSA) is 56.8 Å². The number of hydrogen-bond donors (Lipinski definition) is 1. The van der Waals surface area contributed by atoms with Crippen molar-refractivity contribution in [1.29, 1.82) is 0 Å². The standard InChI is InChI=1S/C16H21NO4/c1-10(19-9-11-4-5-11)15(18)17-12-6-7-13-14(8-12)21-16(2,3)20-13/h6-8,10-11H,4-5,9H2,1-3H3,(H,17,18). The molecule has 5 heteroatoms. The van der Waals surface area contributed by atoms with Crippen LogP contribution >= 0.6 is 0 Å². The van der Waals surface area contributed by atoms with Gasteiger partial charge in [0.1, 0.15) is 6.10 Å². The van der Waals surface area contributed by atoms with Gasteiger partial charge in [0.15, 0.2) is 11.5 Å². The van der Waals surface area contributed by atoms with Gasteiger partial charge < -0.3 is 19.5 Å². The van der Waals surface area contributed by atoms with Crippen LogP contribution in [0.3, 0.4) is 0 Å². The van der Waals surface area contributed by atoms with Gasteiger partial charge in [0.2, 0.25) is 5.79 Å². The van der Waals surface area contributed by atoms with Crippen LogP contribution in [0.4, 0.5) is 5.69 Å². The van der Waals surface area contributed by atoms with Crippen molar-refractivity contribution in [3.05, 3.63) is 18.2 Å². The summed E-state index contributed by atoms with van der Waals surface area (Å²) < 4.78 is 16.8. The monoisotopic (exact) mass is 291 g/mol. The minimum Gasteiger partial charge on any atom is -0.449 e. The quantitative estimate of drug-likeness (QED) is 0.906. The lowest BCUT2D eigenvalue weighted by atomic mass is 10.2. The maximum Gasteiger partial charge on any atom is 0.253 e. The first-order valence-corrected chi connectivity index (χ1v) is 7.37. The van der Waals surface area contributed by atoms with E-state index in [0.717, 1.165) is 0 Å². The number of benzene rings is 1. The fourth-order valence-corrected chi connectivity index (χ4v) is 2.18. The molecule has 21 heavy (non-hydrogen) atoms. The van der Waals surface area contributed by atoms with E-state index < -0.39 is 11.9 Å². The molecule has 0 aromatic heterocycles. The highest BCUT2D eigenvalue weighted by Gasteiger charge is 2.32. The third-order valence-corrected chi connectivity index (χ3v) is 3.57. The number of fused-ring (bicyclic) bond motifs is 1. The summed E-state index contributed by atoms with van der Waals surface area (Å²) in [6, 6.07) is 5.38. The summed E-state index contributed by atoms with van der Waals surface area (Å²) >= 11 is 0. The molecular weight excluding hydrogens is 270 g/mol. The number of carbonyl (C=O) groups excluding carboxylic acids is 1. The molecule has 1 atom stereocenters. The summed E-state index contributed by atoms with van der Waals surface area (Å²) in [6.07, 6.45) is 1.98. The van der Waals surface area contributed by atoms with Gasteiger partial charge in [0.05, 0.1) is 6.61 Å². The largest absolute Gasteiger partial charge is 0.449 e. The van der Waals surface area contributed by atoms with Gasteiger partial charge in [-0.2, -0.15) is 0 Å². The minimum atomic E-state index is -0.661. The number of nitrogens with one attached hydrogen (secondary N) is 1. The Hall–Kier alpha value is -1.75. The highest BCUT2D eigenvalue weighted by atomic mass is 16.7. The van der Waals surface area contributed by atoms with E-state index in [1.165, 1.54) is 12.8 Å². The number of ether oxygens (including phenoxy) is 3. The first kappa shape index (κ1) is 14.2. The van der Waals surface area contributed by atoms with Gasteiger partial charge in [-0.15, -0.1) is 0 Å². The number of rotatable bonds is 5. The zero-order valence-corrected chi connectivity index (χ0v) is 12.6. The first-order chi connectivity index (χ1) is 9.93. The van der Waals surface area contributed by atoms with Crippen molar-refractivity contribution >= 4 is 11.6 Å². The second kappa shape index (κ2) is 5.22. The van der Waals surface area contributed by atoms with Crippen LogP contribution in [0.25, 0.3) is 0 Å². The first-order valence-electron chi connectivity index (χ1n) is 7.37. The zero-order valence-electron chi connectivity index (χ0n) is 12.6. The molecule has 5 nitrogen and oxygen atoms in total. The van der Waals surface area contributed by atoms with Crippen molar-refractivity contribution in [3.8, 4) is 11.5 Å². The van der Waals surface area contributed by atoms with Crippen molar-refractivity contribution in [2.24, 2.45) is 5.92 Å². The predicted octanol–water partition coefficient (Wildman–Crippen LogP) is 2.95. The van der Waals surface area contributed by atoms with E-state index in [2.05, 4.69) is 5.32 Å². The second-order valence-corrected chi connectivity index (χ2v) is 6.17. The molecule has 2 aliphatic rings. The summed E-state index contributed by atoms with van der Waals surface area (Å²) in [6.45, 7) is 6.13. The third kappa shape index (κ3) is 3.47. The maximum atomic E-state index is 12.1. The molecule has 1 aliphatic carbocycles. The molecule has 0 radical (unpaired) electrons. The van der Waals surface area contributed by atoms with E-state index in [1.807, 2.05) is 13.8 Å². The number of hydrogen-bond acceptors (Lipinski definition) is 4. The van der Waals surface area contributed by atoms with Gasteiger partial charge in [0.25, 0.3) is 5.91 Å². The van der Waals surface area contributed by atoms with E-state index in [9.17, 15) is 4.79 Å². The molecule has 0 bridgehead atoms. The van der Waals surface area contributed by atoms with Gasteiger partial charge >= 0.3 is 0 Å². The lowest BCUT2D eigenvalue weighted by molar-refractivity contribution is -0.126. The highest BCUT2D eigenvalue weighted by molar-refractivity contribution is 5.94. The van der Waals surface area contributed by atoms with Crippen molar-refractivity contribution < 1.29 is 19.0 Å². The van der Waals surface area contributed by atoms with Crippen molar-refractivity contribution in [1.82, 2.24) is 0 Å². The molecule has 3 rings (SSSR count). The second-order valence-electron chi connectivity index (χ2n) is 6.17. The van der Waals surface area contributed by atoms with Crippen LogP contribution in [0, 0.1) is 5.92 Å². The van der Waals surface area contributed by atoms with Gasteiger partial charge in [-0.25, -0.2) is 0 Å². The Balaban J connectivity index is 1.59. The summed E-state index contributed by atoms with van der Waals surface area (Å²) in [7, 11) is 0. The van der Waals surface area contributed by atoms with Gasteiger partial charge in [-0.1, -0.05) is 0 Å². The van der Waals surface area contributed by atoms with Crippen LogP contribution in [0.5, 0.6) is 11.5 Å². The van der Waals surface area contributed by atoms with Crippen LogP contribution in [-0.4, -0.2) is 24.4 Å². The fourth-order valence-electron chi connectivity index (χ4n) is 2.18. The van der Waals surface area contributed by atoms with Gasteiger partial charge in [-0.05, 0) is 37.8 Å². The molecule has 1 N–H and O–H groups in total. The summed E-state index contributed by atoms with van der Waals surface area (Å²) in [5, 5.41) is 2.84. The maximum absolute atomic E-state index is 12.1. The Labute approximate surface area is 124 Å². The van der Waals surface area contributed by atoms with Crippen LogP contribution in [0.2, 0.25) is 0 Å². The molecule has 1 amide bonds. The minimum absolute atomic E-state index is 0.145. The Morgan fingerprint density at radius 2 is 2.10 bits per heavy atom.